The van der Waals surface area contributed by atoms with Crippen molar-refractivity contribution in [2.45, 2.75) is 24.4 Å². The van der Waals surface area contributed by atoms with Crippen molar-refractivity contribution in [3.05, 3.63) is 0 Å². The molecular formula is C6H14ClNO4. The van der Waals surface area contributed by atoms with Crippen molar-refractivity contribution in [1.82, 2.24) is 5.32 Å². The van der Waals surface area contributed by atoms with Crippen molar-refractivity contribution < 1.29 is 20.4 Å². The quantitative estimate of drug-likeness (QED) is 0.296. The zero-order chi connectivity index (χ0) is 8.43. The van der Waals surface area contributed by atoms with Crippen molar-refractivity contribution in [2.75, 3.05) is 13.1 Å². The van der Waals surface area contributed by atoms with Gasteiger partial charge >= 0.3 is 0 Å². The molecule has 12 heavy (non-hydrogen) atoms. The van der Waals surface area contributed by atoms with Crippen LogP contribution in [0.15, 0.2) is 0 Å². The molecule has 4 atom stereocenters. The second kappa shape index (κ2) is 4.96. The summed E-state index contributed by atoms with van der Waals surface area (Å²) in [5.41, 5.74) is 0. The van der Waals surface area contributed by atoms with Gasteiger partial charge in [-0.05, 0) is 0 Å². The third kappa shape index (κ3) is 2.55. The van der Waals surface area contributed by atoms with Crippen LogP contribution in [0, 0.1) is 0 Å². The molecule has 1 aliphatic rings. The summed E-state index contributed by atoms with van der Waals surface area (Å²) < 4.78 is 0. The van der Waals surface area contributed by atoms with Gasteiger partial charge in [0, 0.05) is 13.1 Å². The molecule has 1 aliphatic heterocycles. The van der Waals surface area contributed by atoms with Gasteiger partial charge in [0.15, 0.2) is 0 Å². The van der Waals surface area contributed by atoms with Gasteiger partial charge in [-0.1, -0.05) is 0 Å². The van der Waals surface area contributed by atoms with Gasteiger partial charge in [0.05, 0.1) is 12.2 Å². The lowest BCUT2D eigenvalue weighted by Crippen LogP contribution is -2.43. The minimum Gasteiger partial charge on any atom is -0.389 e. The minimum atomic E-state index is -1.26. The average molecular weight is 200 g/mol. The molecule has 0 aromatic heterocycles. The number of hydrogen-bond donors (Lipinski definition) is 5. The van der Waals surface area contributed by atoms with E-state index in [-0.39, 0.29) is 25.5 Å². The fourth-order valence-corrected chi connectivity index (χ4v) is 1.08. The van der Waals surface area contributed by atoms with E-state index in [0.717, 1.165) is 0 Å². The van der Waals surface area contributed by atoms with E-state index in [0.29, 0.717) is 0 Å². The van der Waals surface area contributed by atoms with Crippen LogP contribution in [0.4, 0.5) is 0 Å². The molecule has 74 valence electrons. The van der Waals surface area contributed by atoms with Gasteiger partial charge in [0.2, 0.25) is 0 Å². The summed E-state index contributed by atoms with van der Waals surface area (Å²) in [5, 5.41) is 39.0. The zero-order valence-electron chi connectivity index (χ0n) is 6.42. The van der Waals surface area contributed by atoms with Gasteiger partial charge < -0.3 is 25.7 Å². The van der Waals surface area contributed by atoms with Crippen molar-refractivity contribution in [3.8, 4) is 0 Å². The first-order valence-corrected chi connectivity index (χ1v) is 3.56. The van der Waals surface area contributed by atoms with Crippen LogP contribution in [0.5, 0.6) is 0 Å². The number of halogens is 1. The molecule has 0 spiro atoms. The summed E-state index contributed by atoms with van der Waals surface area (Å²) in [5.74, 6) is 0. The van der Waals surface area contributed by atoms with Gasteiger partial charge in [-0.25, -0.2) is 0 Å². The summed E-state index contributed by atoms with van der Waals surface area (Å²) in [4.78, 5) is 0. The summed E-state index contributed by atoms with van der Waals surface area (Å²) in [7, 11) is 0. The predicted octanol–water partition coefficient (Wildman–Crippen LogP) is -2.54. The molecule has 1 heterocycles. The molecular weight excluding hydrogens is 186 g/mol. The van der Waals surface area contributed by atoms with Crippen LogP contribution in [0.3, 0.4) is 0 Å². The fourth-order valence-electron chi connectivity index (χ4n) is 1.08. The Hall–Kier alpha value is 0.0900. The lowest BCUT2D eigenvalue weighted by Gasteiger charge is -2.21. The molecule has 0 saturated carbocycles. The Morgan fingerprint density at radius 1 is 0.833 bits per heavy atom. The molecule has 0 unspecified atom stereocenters. The Balaban J connectivity index is 0.00000121. The van der Waals surface area contributed by atoms with Gasteiger partial charge in [-0.15, -0.1) is 12.4 Å². The normalized spacial score (nSPS) is 43.0. The van der Waals surface area contributed by atoms with Crippen LogP contribution >= 0.6 is 12.4 Å². The Morgan fingerprint density at radius 3 is 1.50 bits per heavy atom. The van der Waals surface area contributed by atoms with Crippen molar-refractivity contribution in [3.63, 3.8) is 0 Å². The SMILES string of the molecule is Cl.O[C@@H]1[C@H](O)[C@H](O)CNC[C@@H]1O. The number of rotatable bonds is 0. The van der Waals surface area contributed by atoms with Gasteiger partial charge in [0.1, 0.15) is 12.2 Å². The van der Waals surface area contributed by atoms with E-state index in [1.54, 1.807) is 0 Å². The third-order valence-electron chi connectivity index (χ3n) is 1.85. The van der Waals surface area contributed by atoms with E-state index in [1.807, 2.05) is 0 Å². The predicted molar refractivity (Wildman–Crippen MR) is 44.1 cm³/mol. The third-order valence-corrected chi connectivity index (χ3v) is 1.85. The molecule has 0 aromatic rings. The summed E-state index contributed by atoms with van der Waals surface area (Å²) in [6.07, 6.45) is -4.55. The van der Waals surface area contributed by atoms with Crippen molar-refractivity contribution in [1.29, 1.82) is 0 Å². The number of nitrogens with one attached hydrogen (secondary N) is 1. The van der Waals surface area contributed by atoms with Crippen LogP contribution in [0.25, 0.3) is 0 Å². The van der Waals surface area contributed by atoms with E-state index in [2.05, 4.69) is 5.32 Å². The van der Waals surface area contributed by atoms with Crippen LogP contribution in [-0.2, 0) is 0 Å². The van der Waals surface area contributed by atoms with E-state index in [4.69, 9.17) is 20.4 Å². The molecule has 1 rings (SSSR count). The molecule has 1 saturated heterocycles. The highest BCUT2D eigenvalue weighted by molar-refractivity contribution is 5.85. The largest absolute Gasteiger partial charge is 0.389 e. The van der Waals surface area contributed by atoms with Crippen LogP contribution in [-0.4, -0.2) is 57.9 Å². The fraction of sp³-hybridized carbons (Fsp3) is 1.00. The van der Waals surface area contributed by atoms with E-state index in [9.17, 15) is 0 Å². The number of β-amino-alcohol motifs (C(OH)–C–C–N with tert-alkyl or cyclic N) is 2. The molecule has 0 amide bonds. The maximum Gasteiger partial charge on any atom is 0.110 e. The van der Waals surface area contributed by atoms with Crippen LogP contribution < -0.4 is 5.32 Å². The first kappa shape index (κ1) is 12.1. The van der Waals surface area contributed by atoms with Crippen LogP contribution in [0.2, 0.25) is 0 Å². The second-order valence-corrected chi connectivity index (χ2v) is 2.77. The first-order valence-electron chi connectivity index (χ1n) is 3.56. The highest BCUT2D eigenvalue weighted by Crippen LogP contribution is 2.07. The van der Waals surface area contributed by atoms with Crippen molar-refractivity contribution >= 4 is 12.4 Å². The van der Waals surface area contributed by atoms with Gasteiger partial charge in [-0.2, -0.15) is 0 Å². The average Bonchev–Trinajstić information content (AvgIpc) is 2.07. The first-order chi connectivity index (χ1) is 5.13. The lowest BCUT2D eigenvalue weighted by molar-refractivity contribution is -0.0894. The van der Waals surface area contributed by atoms with Crippen LogP contribution in [0.1, 0.15) is 0 Å². The van der Waals surface area contributed by atoms with Gasteiger partial charge in [-0.3, -0.25) is 0 Å². The standard InChI is InChI=1S/C6H13NO4.ClH/c8-3-1-7-2-4(9)6(11)5(3)10;/h3-11H,1-2H2;1H/t3-,4+,5-,6+;. The van der Waals surface area contributed by atoms with Gasteiger partial charge in [0.25, 0.3) is 0 Å². The highest BCUT2D eigenvalue weighted by atomic mass is 35.5. The zero-order valence-corrected chi connectivity index (χ0v) is 7.24. The maximum atomic E-state index is 9.10. The molecule has 6 heteroatoms. The molecule has 5 nitrogen and oxygen atoms in total. The Bertz CT molecular complexity index is 123. The molecule has 5 N–H and O–H groups in total. The molecule has 0 bridgehead atoms. The Morgan fingerprint density at radius 2 is 1.17 bits per heavy atom. The summed E-state index contributed by atoms with van der Waals surface area (Å²) in [6, 6.07) is 0. The molecule has 0 aliphatic carbocycles. The Kier molecular flexibility index (Phi) is 5.00. The molecule has 1 fully saturated rings. The monoisotopic (exact) mass is 199 g/mol. The minimum absolute atomic E-state index is 0. The summed E-state index contributed by atoms with van der Waals surface area (Å²) >= 11 is 0. The smallest absolute Gasteiger partial charge is 0.110 e. The molecule has 0 radical (unpaired) electrons. The Labute approximate surface area is 76.4 Å². The van der Waals surface area contributed by atoms with E-state index in [1.165, 1.54) is 0 Å². The molecule has 0 aromatic carbocycles. The topological polar surface area (TPSA) is 93.0 Å². The maximum absolute atomic E-state index is 9.10. The van der Waals surface area contributed by atoms with E-state index < -0.39 is 24.4 Å². The second-order valence-electron chi connectivity index (χ2n) is 2.77. The lowest BCUT2D eigenvalue weighted by atomic mass is 10.1. The summed E-state index contributed by atoms with van der Waals surface area (Å²) in [6.45, 7) is 0.380. The number of aliphatic hydroxyl groups is 4. The number of aliphatic hydroxyl groups excluding tert-OH is 4. The number of hydrogen-bond acceptors (Lipinski definition) is 5. The highest BCUT2D eigenvalue weighted by Gasteiger charge is 2.32. The van der Waals surface area contributed by atoms with E-state index >= 15 is 0 Å². The van der Waals surface area contributed by atoms with Crippen molar-refractivity contribution in [2.24, 2.45) is 0 Å².